The molecule has 0 atom stereocenters. The number of carbonyl (C=O) groups is 1. The molecular weight excluding hydrogens is 220 g/mol. The average molecular weight is 229 g/mol. The average Bonchev–Trinajstić information content (AvgIpc) is 2.59. The van der Waals surface area contributed by atoms with E-state index in [9.17, 15) is 4.79 Å². The summed E-state index contributed by atoms with van der Waals surface area (Å²) in [6.45, 7) is 1.89. The van der Waals surface area contributed by atoms with E-state index in [1.54, 1.807) is 0 Å². The van der Waals surface area contributed by atoms with E-state index in [-0.39, 0.29) is 5.78 Å². The molecule has 0 amide bonds. The Morgan fingerprint density at radius 1 is 0.938 bits per heavy atom. The van der Waals surface area contributed by atoms with Gasteiger partial charge in [-0.3, -0.25) is 4.79 Å². The predicted octanol–water partition coefficient (Wildman–Crippen LogP) is 3.86. The normalized spacial score (nSPS) is 12.5. The second kappa shape index (κ2) is 3.19. The van der Waals surface area contributed by atoms with Gasteiger partial charge in [0.2, 0.25) is 0 Å². The fourth-order valence-electron chi connectivity index (χ4n) is 2.25. The molecule has 2 aromatic rings. The second-order valence-electron chi connectivity index (χ2n) is 3.97. The number of rotatable bonds is 0. The molecular formula is C14H9ClO. The van der Waals surface area contributed by atoms with Crippen molar-refractivity contribution in [3.63, 3.8) is 0 Å². The van der Waals surface area contributed by atoms with Gasteiger partial charge < -0.3 is 0 Å². The summed E-state index contributed by atoms with van der Waals surface area (Å²) < 4.78 is 0. The summed E-state index contributed by atoms with van der Waals surface area (Å²) in [5, 5.41) is 0.653. The summed E-state index contributed by atoms with van der Waals surface area (Å²) in [5.74, 6) is 0.0885. The van der Waals surface area contributed by atoms with Crippen molar-refractivity contribution < 1.29 is 4.79 Å². The number of hydrogen-bond donors (Lipinski definition) is 0. The van der Waals surface area contributed by atoms with Gasteiger partial charge in [-0.2, -0.15) is 0 Å². The summed E-state index contributed by atoms with van der Waals surface area (Å²) in [4.78, 5) is 12.2. The molecule has 0 saturated heterocycles. The van der Waals surface area contributed by atoms with Gasteiger partial charge in [0.1, 0.15) is 0 Å². The minimum Gasteiger partial charge on any atom is -0.289 e. The lowest BCUT2D eigenvalue weighted by Gasteiger charge is -2.04. The summed E-state index contributed by atoms with van der Waals surface area (Å²) in [7, 11) is 0. The minimum absolute atomic E-state index is 0.0885. The van der Waals surface area contributed by atoms with Crippen molar-refractivity contribution >= 4 is 17.4 Å². The van der Waals surface area contributed by atoms with Gasteiger partial charge in [-0.1, -0.05) is 41.9 Å². The number of fused-ring (bicyclic) bond motifs is 3. The number of ketones is 1. The highest BCUT2D eigenvalue weighted by molar-refractivity contribution is 6.33. The lowest BCUT2D eigenvalue weighted by Crippen LogP contribution is -1.98. The third-order valence-corrected chi connectivity index (χ3v) is 3.50. The molecule has 0 fully saturated rings. The summed E-state index contributed by atoms with van der Waals surface area (Å²) in [6, 6.07) is 11.5. The van der Waals surface area contributed by atoms with Crippen molar-refractivity contribution in [3.05, 3.63) is 58.1 Å². The van der Waals surface area contributed by atoms with E-state index in [2.05, 4.69) is 0 Å². The Bertz CT molecular complexity index is 614. The van der Waals surface area contributed by atoms with E-state index in [0.717, 1.165) is 27.8 Å². The van der Waals surface area contributed by atoms with Crippen molar-refractivity contribution in [2.75, 3.05) is 0 Å². The molecule has 0 heterocycles. The van der Waals surface area contributed by atoms with Crippen LogP contribution in [0.2, 0.25) is 5.02 Å². The Hall–Kier alpha value is -1.60. The topological polar surface area (TPSA) is 17.1 Å². The van der Waals surface area contributed by atoms with Crippen LogP contribution >= 0.6 is 11.6 Å². The van der Waals surface area contributed by atoms with E-state index in [1.165, 1.54) is 0 Å². The third-order valence-electron chi connectivity index (χ3n) is 3.09. The molecule has 0 aliphatic heterocycles. The van der Waals surface area contributed by atoms with Crippen molar-refractivity contribution in [1.82, 2.24) is 0 Å². The molecule has 0 unspecified atom stereocenters. The molecule has 1 aliphatic carbocycles. The van der Waals surface area contributed by atoms with Gasteiger partial charge in [-0.25, -0.2) is 0 Å². The highest BCUT2D eigenvalue weighted by Gasteiger charge is 2.28. The number of hydrogen-bond acceptors (Lipinski definition) is 1. The Labute approximate surface area is 98.7 Å². The van der Waals surface area contributed by atoms with Crippen LogP contribution in [0.1, 0.15) is 21.5 Å². The van der Waals surface area contributed by atoms with E-state index in [4.69, 9.17) is 11.6 Å². The molecule has 3 rings (SSSR count). The Morgan fingerprint density at radius 3 is 2.38 bits per heavy atom. The fraction of sp³-hybridized carbons (Fsp3) is 0.0714. The zero-order chi connectivity index (χ0) is 11.3. The smallest absolute Gasteiger partial charge is 0.194 e. The molecule has 78 valence electrons. The quantitative estimate of drug-likeness (QED) is 0.571. The number of benzene rings is 2. The van der Waals surface area contributed by atoms with Gasteiger partial charge in [0, 0.05) is 16.1 Å². The summed E-state index contributed by atoms with van der Waals surface area (Å²) in [6.07, 6.45) is 0. The van der Waals surface area contributed by atoms with Crippen molar-refractivity contribution in [1.29, 1.82) is 0 Å². The molecule has 0 bridgehead atoms. The van der Waals surface area contributed by atoms with E-state index in [0.29, 0.717) is 5.02 Å². The largest absolute Gasteiger partial charge is 0.289 e. The van der Waals surface area contributed by atoms with Gasteiger partial charge in [-0.05, 0) is 29.7 Å². The van der Waals surface area contributed by atoms with Crippen LogP contribution in [0.25, 0.3) is 11.1 Å². The van der Waals surface area contributed by atoms with Crippen LogP contribution in [-0.2, 0) is 0 Å². The summed E-state index contributed by atoms with van der Waals surface area (Å²) in [5.41, 5.74) is 4.43. The molecule has 2 heteroatoms. The Balaban J connectivity index is 2.42. The number of halogens is 1. The zero-order valence-corrected chi connectivity index (χ0v) is 9.51. The van der Waals surface area contributed by atoms with Crippen LogP contribution in [-0.4, -0.2) is 5.78 Å². The van der Waals surface area contributed by atoms with Crippen LogP contribution in [0.5, 0.6) is 0 Å². The van der Waals surface area contributed by atoms with Crippen LogP contribution in [0.3, 0.4) is 0 Å². The molecule has 0 N–H and O–H groups in total. The van der Waals surface area contributed by atoms with Gasteiger partial charge in [0.15, 0.2) is 5.78 Å². The highest BCUT2D eigenvalue weighted by Crippen LogP contribution is 2.39. The molecule has 1 aliphatic rings. The van der Waals surface area contributed by atoms with Crippen LogP contribution in [0, 0.1) is 6.92 Å². The third kappa shape index (κ3) is 1.09. The summed E-state index contributed by atoms with van der Waals surface area (Å²) >= 11 is 6.05. The molecule has 1 nitrogen and oxygen atoms in total. The van der Waals surface area contributed by atoms with E-state index >= 15 is 0 Å². The lowest BCUT2D eigenvalue weighted by molar-refractivity contribution is 0.104. The van der Waals surface area contributed by atoms with Crippen molar-refractivity contribution in [2.24, 2.45) is 0 Å². The first kappa shape index (κ1) is 9.61. The molecule has 0 saturated carbocycles. The first-order valence-electron chi connectivity index (χ1n) is 5.13. The van der Waals surface area contributed by atoms with Gasteiger partial charge in [0.25, 0.3) is 0 Å². The predicted molar refractivity (Wildman–Crippen MR) is 65.1 cm³/mol. The molecule has 2 aromatic carbocycles. The standard InChI is InChI=1S/C14H9ClO/c1-8-12(15)7-6-10-9-4-2-3-5-11(9)14(16)13(8)10/h2-7H,1H3. The van der Waals surface area contributed by atoms with Crippen LogP contribution in [0.15, 0.2) is 36.4 Å². The van der Waals surface area contributed by atoms with Gasteiger partial charge in [0.05, 0.1) is 0 Å². The first-order chi connectivity index (χ1) is 7.70. The monoisotopic (exact) mass is 228 g/mol. The Kier molecular flexibility index (Phi) is 1.92. The van der Waals surface area contributed by atoms with E-state index < -0.39 is 0 Å². The maximum atomic E-state index is 12.2. The van der Waals surface area contributed by atoms with Gasteiger partial charge in [-0.15, -0.1) is 0 Å². The SMILES string of the molecule is Cc1c(Cl)ccc2c1C(=O)c1ccccc1-2. The maximum absolute atomic E-state index is 12.2. The lowest BCUT2D eigenvalue weighted by atomic mass is 10.0. The fourth-order valence-corrected chi connectivity index (χ4v) is 2.41. The van der Waals surface area contributed by atoms with Crippen molar-refractivity contribution in [3.8, 4) is 11.1 Å². The Morgan fingerprint density at radius 2 is 1.62 bits per heavy atom. The molecule has 0 spiro atoms. The second-order valence-corrected chi connectivity index (χ2v) is 4.38. The first-order valence-corrected chi connectivity index (χ1v) is 5.51. The highest BCUT2D eigenvalue weighted by atomic mass is 35.5. The van der Waals surface area contributed by atoms with Crippen LogP contribution < -0.4 is 0 Å². The molecule has 0 aromatic heterocycles. The molecule has 16 heavy (non-hydrogen) atoms. The van der Waals surface area contributed by atoms with Crippen LogP contribution in [0.4, 0.5) is 0 Å². The molecule has 0 radical (unpaired) electrons. The maximum Gasteiger partial charge on any atom is 0.194 e. The van der Waals surface area contributed by atoms with Gasteiger partial charge >= 0.3 is 0 Å². The van der Waals surface area contributed by atoms with Crippen molar-refractivity contribution in [2.45, 2.75) is 6.92 Å². The zero-order valence-electron chi connectivity index (χ0n) is 8.75. The van der Waals surface area contributed by atoms with E-state index in [1.807, 2.05) is 43.3 Å². The number of carbonyl (C=O) groups excluding carboxylic acids is 1. The minimum atomic E-state index is 0.0885.